The summed E-state index contributed by atoms with van der Waals surface area (Å²) in [5.41, 5.74) is 5.92. The van der Waals surface area contributed by atoms with Crippen LogP contribution in [0.5, 0.6) is 5.75 Å². The highest BCUT2D eigenvalue weighted by Gasteiger charge is 2.26. The number of hydrogen-bond donors (Lipinski definition) is 1. The van der Waals surface area contributed by atoms with Crippen molar-refractivity contribution >= 4 is 15.9 Å². The number of likely N-dealkylation sites (tertiary alicyclic amines) is 1. The highest BCUT2D eigenvalue weighted by molar-refractivity contribution is 9.10. The molecule has 1 aliphatic rings. The lowest BCUT2D eigenvalue weighted by Crippen LogP contribution is -2.48. The molecule has 1 heterocycles. The molecule has 2 rings (SSSR count). The third kappa shape index (κ3) is 4.47. The summed E-state index contributed by atoms with van der Waals surface area (Å²) in [6.07, 6.45) is 3.82. The van der Waals surface area contributed by atoms with Crippen molar-refractivity contribution in [2.24, 2.45) is 11.7 Å². The summed E-state index contributed by atoms with van der Waals surface area (Å²) >= 11 is 3.43. The van der Waals surface area contributed by atoms with Gasteiger partial charge in [-0.05, 0) is 49.6 Å². The van der Waals surface area contributed by atoms with Gasteiger partial charge < -0.3 is 10.5 Å². The summed E-state index contributed by atoms with van der Waals surface area (Å²) in [4.78, 5) is 2.49. The van der Waals surface area contributed by atoms with Crippen molar-refractivity contribution in [3.05, 3.63) is 28.7 Å². The molecule has 0 amide bonds. The number of hydrogen-bond acceptors (Lipinski definition) is 3. The van der Waals surface area contributed by atoms with Crippen LogP contribution in [0, 0.1) is 5.92 Å². The van der Waals surface area contributed by atoms with Crippen molar-refractivity contribution < 1.29 is 4.74 Å². The van der Waals surface area contributed by atoms with Crippen molar-refractivity contribution in [2.75, 3.05) is 26.2 Å². The average Bonchev–Trinajstić information content (AvgIpc) is 2.49. The molecule has 4 heteroatoms. The zero-order valence-corrected chi connectivity index (χ0v) is 13.8. The van der Waals surface area contributed by atoms with Crippen molar-refractivity contribution in [1.82, 2.24) is 4.90 Å². The molecule has 1 aromatic rings. The molecule has 3 nitrogen and oxygen atoms in total. The number of benzene rings is 1. The molecule has 0 aliphatic carbocycles. The van der Waals surface area contributed by atoms with Gasteiger partial charge in [0.1, 0.15) is 12.4 Å². The molecule has 1 aromatic carbocycles. The number of rotatable bonds is 6. The van der Waals surface area contributed by atoms with Crippen LogP contribution >= 0.6 is 15.9 Å². The lowest BCUT2D eigenvalue weighted by molar-refractivity contribution is 0.0970. The Bertz CT molecular complexity index is 396. The molecule has 2 N–H and O–H groups in total. The Kier molecular flexibility index (Phi) is 6.33. The topological polar surface area (TPSA) is 38.5 Å². The van der Waals surface area contributed by atoms with Crippen molar-refractivity contribution in [3.8, 4) is 5.75 Å². The summed E-state index contributed by atoms with van der Waals surface area (Å²) in [7, 11) is 0. The van der Waals surface area contributed by atoms with E-state index in [2.05, 4.69) is 27.8 Å². The van der Waals surface area contributed by atoms with E-state index in [1.165, 1.54) is 19.3 Å². The van der Waals surface area contributed by atoms with Gasteiger partial charge in [0, 0.05) is 23.6 Å². The van der Waals surface area contributed by atoms with Crippen LogP contribution in [0.1, 0.15) is 26.2 Å². The number of halogens is 1. The predicted molar refractivity (Wildman–Crippen MR) is 87.1 cm³/mol. The Labute approximate surface area is 130 Å². The third-order valence-corrected chi connectivity index (χ3v) is 4.79. The molecule has 0 saturated carbocycles. The third-order valence-electron chi connectivity index (χ3n) is 4.26. The van der Waals surface area contributed by atoms with Gasteiger partial charge >= 0.3 is 0 Å². The smallest absolute Gasteiger partial charge is 0.119 e. The second-order valence-electron chi connectivity index (χ2n) is 5.53. The van der Waals surface area contributed by atoms with Gasteiger partial charge in [-0.25, -0.2) is 0 Å². The maximum atomic E-state index is 5.92. The number of ether oxygens (including phenoxy) is 1. The van der Waals surface area contributed by atoms with E-state index in [-0.39, 0.29) is 0 Å². The van der Waals surface area contributed by atoms with Gasteiger partial charge in [0.2, 0.25) is 0 Å². The van der Waals surface area contributed by atoms with Gasteiger partial charge in [-0.3, -0.25) is 4.90 Å². The van der Waals surface area contributed by atoms with Crippen molar-refractivity contribution in [1.29, 1.82) is 0 Å². The fraction of sp³-hybridized carbons (Fsp3) is 0.625. The van der Waals surface area contributed by atoms with Gasteiger partial charge in [-0.1, -0.05) is 29.3 Å². The van der Waals surface area contributed by atoms with Crippen LogP contribution in [-0.4, -0.2) is 37.2 Å². The molecule has 2 atom stereocenters. The normalized spacial score (nSPS) is 23.8. The Morgan fingerprint density at radius 2 is 2.10 bits per heavy atom. The van der Waals surface area contributed by atoms with Gasteiger partial charge in [0.15, 0.2) is 0 Å². The molecule has 1 aliphatic heterocycles. The molecule has 0 aromatic heterocycles. The number of nitrogens with zero attached hydrogens (tertiary/aromatic N) is 1. The molecule has 1 fully saturated rings. The average molecular weight is 341 g/mol. The Balaban J connectivity index is 1.76. The van der Waals surface area contributed by atoms with E-state index in [9.17, 15) is 0 Å². The van der Waals surface area contributed by atoms with Gasteiger partial charge in [0.25, 0.3) is 0 Å². The molecule has 1 saturated heterocycles. The summed E-state index contributed by atoms with van der Waals surface area (Å²) in [6, 6.07) is 8.53. The quantitative estimate of drug-likeness (QED) is 0.863. The van der Waals surface area contributed by atoms with Gasteiger partial charge in [-0.15, -0.1) is 0 Å². The van der Waals surface area contributed by atoms with Crippen LogP contribution in [0.3, 0.4) is 0 Å². The second kappa shape index (κ2) is 8.01. The van der Waals surface area contributed by atoms with Crippen LogP contribution in [-0.2, 0) is 0 Å². The van der Waals surface area contributed by atoms with Crippen LogP contribution in [0.25, 0.3) is 0 Å². The maximum absolute atomic E-state index is 5.92. The minimum Gasteiger partial charge on any atom is -0.492 e. The van der Waals surface area contributed by atoms with E-state index in [4.69, 9.17) is 10.5 Å². The SMILES string of the molecule is CCC1CCN(CCOc2ccc(Br)cc2)C(CN)C1. The molecule has 0 radical (unpaired) electrons. The zero-order valence-electron chi connectivity index (χ0n) is 12.2. The fourth-order valence-electron chi connectivity index (χ4n) is 2.90. The van der Waals surface area contributed by atoms with E-state index >= 15 is 0 Å². The highest BCUT2D eigenvalue weighted by Crippen LogP contribution is 2.24. The zero-order chi connectivity index (χ0) is 14.4. The molecule has 20 heavy (non-hydrogen) atoms. The Morgan fingerprint density at radius 3 is 2.75 bits per heavy atom. The van der Waals surface area contributed by atoms with E-state index in [0.717, 1.165) is 42.4 Å². The molecule has 112 valence electrons. The van der Waals surface area contributed by atoms with E-state index in [1.807, 2.05) is 24.3 Å². The number of nitrogens with two attached hydrogens (primary N) is 1. The van der Waals surface area contributed by atoms with E-state index in [1.54, 1.807) is 0 Å². The summed E-state index contributed by atoms with van der Waals surface area (Å²) < 4.78 is 6.88. The van der Waals surface area contributed by atoms with Crippen molar-refractivity contribution in [3.63, 3.8) is 0 Å². The molecule has 0 spiro atoms. The molecule has 0 bridgehead atoms. The Hall–Kier alpha value is -0.580. The van der Waals surface area contributed by atoms with Crippen molar-refractivity contribution in [2.45, 2.75) is 32.2 Å². The fourth-order valence-corrected chi connectivity index (χ4v) is 3.17. The standard InChI is InChI=1S/C16H25BrN2O/c1-2-13-7-8-19(15(11-13)12-18)9-10-20-16-5-3-14(17)4-6-16/h3-6,13,15H,2,7-12,18H2,1H3. The monoisotopic (exact) mass is 340 g/mol. The minimum absolute atomic E-state index is 0.530. The first-order valence-electron chi connectivity index (χ1n) is 7.55. The van der Waals surface area contributed by atoms with Gasteiger partial charge in [-0.2, -0.15) is 0 Å². The van der Waals surface area contributed by atoms with Crippen LogP contribution < -0.4 is 10.5 Å². The van der Waals surface area contributed by atoms with E-state index in [0.29, 0.717) is 6.04 Å². The predicted octanol–water partition coefficient (Wildman–Crippen LogP) is 3.28. The molecule has 2 unspecified atom stereocenters. The van der Waals surface area contributed by atoms with Crippen LogP contribution in [0.4, 0.5) is 0 Å². The highest BCUT2D eigenvalue weighted by atomic mass is 79.9. The first-order chi connectivity index (χ1) is 9.72. The van der Waals surface area contributed by atoms with Crippen LogP contribution in [0.15, 0.2) is 28.7 Å². The minimum atomic E-state index is 0.530. The molecular formula is C16H25BrN2O. The first-order valence-corrected chi connectivity index (χ1v) is 8.34. The first kappa shape index (κ1) is 15.8. The lowest BCUT2D eigenvalue weighted by atomic mass is 9.89. The number of piperidine rings is 1. The summed E-state index contributed by atoms with van der Waals surface area (Å²) in [6.45, 7) is 5.90. The van der Waals surface area contributed by atoms with Crippen LogP contribution in [0.2, 0.25) is 0 Å². The summed E-state index contributed by atoms with van der Waals surface area (Å²) in [5.74, 6) is 1.79. The second-order valence-corrected chi connectivity index (χ2v) is 6.44. The molecular weight excluding hydrogens is 316 g/mol. The summed E-state index contributed by atoms with van der Waals surface area (Å²) in [5, 5.41) is 0. The Morgan fingerprint density at radius 1 is 1.35 bits per heavy atom. The largest absolute Gasteiger partial charge is 0.492 e. The van der Waals surface area contributed by atoms with E-state index < -0.39 is 0 Å². The van der Waals surface area contributed by atoms with Gasteiger partial charge in [0.05, 0.1) is 0 Å². The maximum Gasteiger partial charge on any atom is 0.119 e. The lowest BCUT2D eigenvalue weighted by Gasteiger charge is -2.38.